The van der Waals surface area contributed by atoms with Gasteiger partial charge in [-0.2, -0.15) is 0 Å². The molecule has 15 heavy (non-hydrogen) atoms. The van der Waals surface area contributed by atoms with Crippen LogP contribution in [0.25, 0.3) is 0 Å². The predicted molar refractivity (Wildman–Crippen MR) is 56.9 cm³/mol. The molecule has 0 amide bonds. The fourth-order valence-electron chi connectivity index (χ4n) is 1.43. The smallest absolute Gasteiger partial charge is 0.564 e. The normalized spacial score (nSPS) is 13.7. The zero-order valence-corrected chi connectivity index (χ0v) is 9.70. The third kappa shape index (κ3) is 3.10. The SMILES string of the molecule is Cc1ccc(CN2[C+]N(C)C=C2)cc1.[Cl-]. The molecule has 2 nitrogen and oxygen atoms in total. The van der Waals surface area contributed by atoms with E-state index in [4.69, 9.17) is 0 Å². The first-order valence-electron chi connectivity index (χ1n) is 4.74. The van der Waals surface area contributed by atoms with Gasteiger partial charge in [-0.1, -0.05) is 29.8 Å². The zero-order valence-electron chi connectivity index (χ0n) is 8.94. The molecular weight excluding hydrogens is 208 g/mol. The molecule has 1 heterocycles. The molecule has 0 fully saturated rings. The zero-order chi connectivity index (χ0) is 9.97. The Morgan fingerprint density at radius 3 is 2.33 bits per heavy atom. The lowest BCUT2D eigenvalue weighted by Gasteiger charge is -2.03. The largest absolute Gasteiger partial charge is 1.00 e. The van der Waals surface area contributed by atoms with E-state index in [0.717, 1.165) is 6.54 Å². The van der Waals surface area contributed by atoms with Crippen molar-refractivity contribution in [1.29, 1.82) is 0 Å². The number of aryl methyl sites for hydroxylation is 1. The maximum Gasteiger partial charge on any atom is 0.564 e. The molecule has 0 N–H and O–H groups in total. The van der Waals surface area contributed by atoms with Gasteiger partial charge in [-0.05, 0) is 12.5 Å². The molecule has 0 saturated heterocycles. The van der Waals surface area contributed by atoms with Gasteiger partial charge in [-0.3, -0.25) is 0 Å². The van der Waals surface area contributed by atoms with E-state index in [0.29, 0.717) is 0 Å². The highest BCUT2D eigenvalue weighted by atomic mass is 35.5. The number of hydrogen-bond acceptors (Lipinski definition) is 2. The van der Waals surface area contributed by atoms with Crippen molar-refractivity contribution in [2.45, 2.75) is 13.5 Å². The average Bonchev–Trinajstić information content (AvgIpc) is 2.56. The molecule has 1 radical (unpaired) electrons. The lowest BCUT2D eigenvalue weighted by atomic mass is 10.1. The summed E-state index contributed by atoms with van der Waals surface area (Å²) in [7, 11) is 1.98. The van der Waals surface area contributed by atoms with Gasteiger partial charge in [0.05, 0.1) is 26.0 Å². The summed E-state index contributed by atoms with van der Waals surface area (Å²) in [5, 5.41) is 0. The minimum Gasteiger partial charge on any atom is -1.00 e. The van der Waals surface area contributed by atoms with Crippen molar-refractivity contribution in [1.82, 2.24) is 9.80 Å². The number of benzene rings is 1. The summed E-state index contributed by atoms with van der Waals surface area (Å²) in [6, 6.07) is 8.59. The third-order valence-electron chi connectivity index (χ3n) is 2.23. The Morgan fingerprint density at radius 2 is 1.80 bits per heavy atom. The molecule has 1 aromatic carbocycles. The van der Waals surface area contributed by atoms with Gasteiger partial charge >= 0.3 is 6.67 Å². The Labute approximate surface area is 97.6 Å². The Morgan fingerprint density at radius 1 is 1.13 bits per heavy atom. The van der Waals surface area contributed by atoms with Crippen LogP contribution in [0.1, 0.15) is 11.1 Å². The molecule has 0 unspecified atom stereocenters. The minimum absolute atomic E-state index is 0. The quantitative estimate of drug-likeness (QED) is 0.605. The van der Waals surface area contributed by atoms with Crippen molar-refractivity contribution in [2.75, 3.05) is 7.05 Å². The molecule has 0 atom stereocenters. The standard InChI is InChI=1S/C12H14N2.ClH/c1-11-3-5-12(6-4-11)9-14-8-7-13(2)10-14;/h3-8H,9H2,1-2H3;1H/q+1;/p-1. The third-order valence-corrected chi connectivity index (χ3v) is 2.23. The Hall–Kier alpha value is -1.28. The number of halogens is 1. The van der Waals surface area contributed by atoms with Gasteiger partial charge in [0.25, 0.3) is 0 Å². The van der Waals surface area contributed by atoms with E-state index < -0.39 is 0 Å². The van der Waals surface area contributed by atoms with Crippen molar-refractivity contribution in [3.63, 3.8) is 0 Å². The first-order chi connectivity index (χ1) is 6.74. The first kappa shape index (κ1) is 11.8. The minimum atomic E-state index is 0. The second-order valence-electron chi connectivity index (χ2n) is 3.62. The molecule has 3 heteroatoms. The highest BCUT2D eigenvalue weighted by molar-refractivity contribution is 5.21. The summed E-state index contributed by atoms with van der Waals surface area (Å²) < 4.78 is 0. The van der Waals surface area contributed by atoms with Crippen LogP contribution in [0.2, 0.25) is 0 Å². The first-order valence-corrected chi connectivity index (χ1v) is 4.74. The molecule has 0 saturated carbocycles. The second kappa shape index (κ2) is 4.99. The molecule has 1 aliphatic rings. The van der Waals surface area contributed by atoms with E-state index in [1.165, 1.54) is 11.1 Å². The summed E-state index contributed by atoms with van der Waals surface area (Å²) >= 11 is 0. The van der Waals surface area contributed by atoms with Crippen LogP contribution in [-0.2, 0) is 6.54 Å². The van der Waals surface area contributed by atoms with Crippen LogP contribution in [-0.4, -0.2) is 16.8 Å². The fraction of sp³-hybridized carbons (Fsp3) is 0.250. The van der Waals surface area contributed by atoms with E-state index >= 15 is 0 Å². The summed E-state index contributed by atoms with van der Waals surface area (Å²) in [6.07, 6.45) is 4.02. The topological polar surface area (TPSA) is 6.48 Å². The van der Waals surface area contributed by atoms with Gasteiger partial charge in [0.1, 0.15) is 0 Å². The van der Waals surface area contributed by atoms with Crippen molar-refractivity contribution in [2.24, 2.45) is 0 Å². The van der Waals surface area contributed by atoms with E-state index in [-0.39, 0.29) is 12.4 Å². The summed E-state index contributed by atoms with van der Waals surface area (Å²) in [6.45, 7) is 6.17. The van der Waals surface area contributed by atoms with Gasteiger partial charge < -0.3 is 12.4 Å². The molecule has 0 spiro atoms. The van der Waals surface area contributed by atoms with Crippen molar-refractivity contribution in [3.05, 3.63) is 54.5 Å². The summed E-state index contributed by atoms with van der Waals surface area (Å²) in [5.74, 6) is 0. The Balaban J connectivity index is 0.00000112. The highest BCUT2D eigenvalue weighted by Crippen LogP contribution is 2.13. The highest BCUT2D eigenvalue weighted by Gasteiger charge is 2.27. The lowest BCUT2D eigenvalue weighted by molar-refractivity contribution is -0.00000296. The molecule has 1 aliphatic heterocycles. The molecule has 0 aromatic heterocycles. The predicted octanol–water partition coefficient (Wildman–Crippen LogP) is -0.786. The number of hydrogen-bond donors (Lipinski definition) is 0. The van der Waals surface area contributed by atoms with Crippen LogP contribution in [0.4, 0.5) is 0 Å². The molecule has 0 bridgehead atoms. The van der Waals surface area contributed by atoms with Gasteiger partial charge in [0.2, 0.25) is 0 Å². The van der Waals surface area contributed by atoms with Crippen LogP contribution < -0.4 is 12.4 Å². The van der Waals surface area contributed by atoms with Crippen LogP contribution >= 0.6 is 0 Å². The van der Waals surface area contributed by atoms with Gasteiger partial charge in [-0.15, -0.1) is 9.80 Å². The molecule has 2 rings (SSSR count). The van der Waals surface area contributed by atoms with Gasteiger partial charge in [-0.25, -0.2) is 0 Å². The van der Waals surface area contributed by atoms with E-state index in [2.05, 4.69) is 37.9 Å². The van der Waals surface area contributed by atoms with E-state index in [1.54, 1.807) is 0 Å². The Bertz CT molecular complexity index is 332. The van der Waals surface area contributed by atoms with Crippen LogP contribution in [0, 0.1) is 13.6 Å². The van der Waals surface area contributed by atoms with Gasteiger partial charge in [0.15, 0.2) is 0 Å². The maximum atomic E-state index is 3.17. The lowest BCUT2D eigenvalue weighted by Crippen LogP contribution is -3.00. The Kier molecular flexibility index (Phi) is 3.92. The monoisotopic (exact) mass is 221 g/mol. The molecular formula is C12H14ClN2. The fourth-order valence-corrected chi connectivity index (χ4v) is 1.43. The molecule has 79 valence electrons. The summed E-state index contributed by atoms with van der Waals surface area (Å²) in [5.41, 5.74) is 2.61. The second-order valence-corrected chi connectivity index (χ2v) is 3.62. The maximum absolute atomic E-state index is 3.17. The van der Waals surface area contributed by atoms with Crippen molar-refractivity contribution >= 4 is 0 Å². The number of rotatable bonds is 2. The van der Waals surface area contributed by atoms with Crippen molar-refractivity contribution < 1.29 is 12.4 Å². The van der Waals surface area contributed by atoms with Crippen LogP contribution in [0.15, 0.2) is 36.7 Å². The number of nitrogens with zero attached hydrogens (tertiary/aromatic N) is 2. The van der Waals surface area contributed by atoms with E-state index in [9.17, 15) is 0 Å². The molecule has 0 aliphatic carbocycles. The average molecular weight is 222 g/mol. The summed E-state index contributed by atoms with van der Waals surface area (Å²) in [4.78, 5) is 3.97. The van der Waals surface area contributed by atoms with Crippen LogP contribution in [0.3, 0.4) is 0 Å². The van der Waals surface area contributed by atoms with E-state index in [1.807, 2.05) is 29.2 Å². The molecule has 1 aromatic rings. The van der Waals surface area contributed by atoms with Crippen LogP contribution in [0.5, 0.6) is 0 Å². The van der Waals surface area contributed by atoms with Crippen molar-refractivity contribution in [3.8, 4) is 0 Å². The van der Waals surface area contributed by atoms with Gasteiger partial charge in [0, 0.05) is 0 Å².